The van der Waals surface area contributed by atoms with Crippen molar-refractivity contribution in [3.63, 3.8) is 0 Å². The number of hydrogen-bond donors (Lipinski definition) is 3. The van der Waals surface area contributed by atoms with Crippen LogP contribution in [0, 0.1) is 0 Å². The summed E-state index contributed by atoms with van der Waals surface area (Å²) in [5.41, 5.74) is 0.645. The summed E-state index contributed by atoms with van der Waals surface area (Å²) >= 11 is 6.01. The number of aromatic nitrogens is 2. The third-order valence-corrected chi connectivity index (χ3v) is 2.93. The Bertz CT molecular complexity index is 636. The number of nitrogens with zero attached hydrogens (tertiary/aromatic N) is 1. The van der Waals surface area contributed by atoms with Gasteiger partial charge < -0.3 is 5.32 Å². The monoisotopic (exact) mass is 292 g/mol. The molecule has 0 saturated carbocycles. The van der Waals surface area contributed by atoms with Gasteiger partial charge in [0.25, 0.3) is 5.56 Å². The smallest absolute Gasteiger partial charge is 0.320 e. The number of amides is 2. The first-order valence-corrected chi connectivity index (χ1v) is 6.37. The van der Waals surface area contributed by atoms with Crippen molar-refractivity contribution in [1.82, 2.24) is 15.5 Å². The van der Waals surface area contributed by atoms with Gasteiger partial charge in [0.2, 0.25) is 0 Å². The zero-order valence-corrected chi connectivity index (χ0v) is 11.3. The molecule has 0 aliphatic heterocycles. The molecule has 0 aliphatic carbocycles. The summed E-state index contributed by atoms with van der Waals surface area (Å²) in [4.78, 5) is 22.4. The first-order valence-electron chi connectivity index (χ1n) is 5.99. The van der Waals surface area contributed by atoms with E-state index >= 15 is 0 Å². The van der Waals surface area contributed by atoms with E-state index in [1.165, 1.54) is 12.1 Å². The van der Waals surface area contributed by atoms with Crippen molar-refractivity contribution in [1.29, 1.82) is 0 Å². The highest BCUT2D eigenvalue weighted by atomic mass is 35.5. The molecule has 3 N–H and O–H groups in total. The van der Waals surface area contributed by atoms with Crippen LogP contribution in [0.2, 0.25) is 5.02 Å². The normalized spacial score (nSPS) is 10.1. The summed E-state index contributed by atoms with van der Waals surface area (Å²) in [5.74, 6) is 0.278. The lowest BCUT2D eigenvalue weighted by Crippen LogP contribution is -2.31. The van der Waals surface area contributed by atoms with Gasteiger partial charge in [0.1, 0.15) is 0 Å². The van der Waals surface area contributed by atoms with E-state index in [2.05, 4.69) is 20.8 Å². The fourth-order valence-corrected chi connectivity index (χ4v) is 1.82. The van der Waals surface area contributed by atoms with Crippen LogP contribution in [-0.2, 0) is 6.42 Å². The van der Waals surface area contributed by atoms with Crippen LogP contribution in [0.25, 0.3) is 0 Å². The van der Waals surface area contributed by atoms with Gasteiger partial charge >= 0.3 is 6.03 Å². The molecule has 7 heteroatoms. The average molecular weight is 293 g/mol. The second-order valence-electron chi connectivity index (χ2n) is 4.03. The molecule has 0 bridgehead atoms. The highest BCUT2D eigenvalue weighted by Crippen LogP contribution is 2.14. The molecule has 0 atom stereocenters. The number of carbonyl (C=O) groups excluding carboxylic acids is 1. The number of benzene rings is 1. The maximum atomic E-state index is 11.6. The van der Waals surface area contributed by atoms with E-state index in [-0.39, 0.29) is 11.4 Å². The van der Waals surface area contributed by atoms with Crippen LogP contribution in [0.4, 0.5) is 10.6 Å². The van der Waals surface area contributed by atoms with Crippen LogP contribution in [0.5, 0.6) is 0 Å². The molecule has 0 saturated heterocycles. The molecule has 2 amide bonds. The second-order valence-corrected chi connectivity index (χ2v) is 4.44. The van der Waals surface area contributed by atoms with Crippen LogP contribution in [-0.4, -0.2) is 22.8 Å². The van der Waals surface area contributed by atoms with E-state index in [9.17, 15) is 9.59 Å². The van der Waals surface area contributed by atoms with Gasteiger partial charge in [-0.05, 0) is 24.1 Å². The fourth-order valence-electron chi connectivity index (χ4n) is 1.59. The molecule has 0 spiro atoms. The summed E-state index contributed by atoms with van der Waals surface area (Å²) in [7, 11) is 0. The Morgan fingerprint density at radius 2 is 2.05 bits per heavy atom. The lowest BCUT2D eigenvalue weighted by molar-refractivity contribution is 0.252. The Morgan fingerprint density at radius 1 is 1.25 bits per heavy atom. The number of aromatic amines is 1. The van der Waals surface area contributed by atoms with E-state index in [0.717, 1.165) is 5.56 Å². The minimum Gasteiger partial charge on any atom is -0.337 e. The van der Waals surface area contributed by atoms with Crippen LogP contribution in [0.15, 0.2) is 41.2 Å². The van der Waals surface area contributed by atoms with Gasteiger partial charge in [-0.2, -0.15) is 5.10 Å². The van der Waals surface area contributed by atoms with Crippen LogP contribution in [0.1, 0.15) is 5.56 Å². The molecular weight excluding hydrogens is 280 g/mol. The van der Waals surface area contributed by atoms with Gasteiger partial charge in [-0.25, -0.2) is 9.89 Å². The SMILES string of the molecule is O=C(NCCc1ccccc1Cl)Nc1ccc(=O)[nH]n1. The molecule has 2 aromatic rings. The van der Waals surface area contributed by atoms with Crippen molar-refractivity contribution in [2.24, 2.45) is 0 Å². The summed E-state index contributed by atoms with van der Waals surface area (Å²) in [5, 5.41) is 11.8. The standard InChI is InChI=1S/C13H13ClN4O2/c14-10-4-2-1-3-9(10)7-8-15-13(20)16-11-5-6-12(19)18-17-11/h1-6H,7-8H2,(H,18,19)(H2,15,16,17,20). The molecule has 2 rings (SSSR count). The number of H-pyrrole nitrogens is 1. The molecule has 104 valence electrons. The topological polar surface area (TPSA) is 86.9 Å². The summed E-state index contributed by atoms with van der Waals surface area (Å²) < 4.78 is 0. The maximum Gasteiger partial charge on any atom is 0.320 e. The van der Waals surface area contributed by atoms with Crippen LogP contribution < -0.4 is 16.2 Å². The highest BCUT2D eigenvalue weighted by Gasteiger charge is 2.03. The van der Waals surface area contributed by atoms with Crippen LogP contribution in [0.3, 0.4) is 0 Å². The Kier molecular flexibility index (Phi) is 4.73. The Balaban J connectivity index is 1.79. The predicted molar refractivity (Wildman–Crippen MR) is 77.0 cm³/mol. The minimum absolute atomic E-state index is 0.278. The minimum atomic E-state index is -0.392. The van der Waals surface area contributed by atoms with E-state index < -0.39 is 6.03 Å². The van der Waals surface area contributed by atoms with Gasteiger partial charge in [0.15, 0.2) is 5.82 Å². The number of hydrogen-bond acceptors (Lipinski definition) is 3. The maximum absolute atomic E-state index is 11.6. The van der Waals surface area contributed by atoms with E-state index in [4.69, 9.17) is 11.6 Å². The van der Waals surface area contributed by atoms with Crippen LogP contribution >= 0.6 is 11.6 Å². The number of nitrogens with one attached hydrogen (secondary N) is 3. The van der Waals surface area contributed by atoms with Gasteiger partial charge in [-0.3, -0.25) is 10.1 Å². The Hall–Kier alpha value is -2.34. The molecule has 6 nitrogen and oxygen atoms in total. The van der Waals surface area contributed by atoms with E-state index in [0.29, 0.717) is 18.0 Å². The highest BCUT2D eigenvalue weighted by molar-refractivity contribution is 6.31. The van der Waals surface area contributed by atoms with Crippen molar-refractivity contribution in [3.8, 4) is 0 Å². The molecule has 1 heterocycles. The lowest BCUT2D eigenvalue weighted by Gasteiger charge is -2.07. The van der Waals surface area contributed by atoms with Crippen molar-refractivity contribution < 1.29 is 4.79 Å². The molecular formula is C13H13ClN4O2. The fraction of sp³-hybridized carbons (Fsp3) is 0.154. The molecule has 0 unspecified atom stereocenters. The first kappa shape index (κ1) is 14.1. The zero-order chi connectivity index (χ0) is 14.4. The summed E-state index contributed by atoms with van der Waals surface area (Å²) in [6.45, 7) is 0.443. The number of halogens is 1. The summed E-state index contributed by atoms with van der Waals surface area (Å²) in [6.07, 6.45) is 0.631. The van der Waals surface area contributed by atoms with Crippen molar-refractivity contribution in [2.45, 2.75) is 6.42 Å². The molecule has 0 fully saturated rings. The van der Waals surface area contributed by atoms with E-state index in [1.807, 2.05) is 18.2 Å². The summed E-state index contributed by atoms with van der Waals surface area (Å²) in [6, 6.07) is 9.78. The van der Waals surface area contributed by atoms with Gasteiger partial charge in [0.05, 0.1) is 0 Å². The zero-order valence-electron chi connectivity index (χ0n) is 10.5. The van der Waals surface area contributed by atoms with Crippen molar-refractivity contribution in [2.75, 3.05) is 11.9 Å². The predicted octanol–water partition coefficient (Wildman–Crippen LogP) is 1.79. The Labute approximate surface area is 120 Å². The first-order chi connectivity index (χ1) is 9.65. The van der Waals surface area contributed by atoms with Gasteiger partial charge in [0, 0.05) is 17.6 Å². The second kappa shape index (κ2) is 6.72. The number of anilines is 1. The molecule has 0 aliphatic rings. The number of rotatable bonds is 4. The number of urea groups is 1. The molecule has 1 aromatic carbocycles. The van der Waals surface area contributed by atoms with E-state index in [1.54, 1.807) is 6.07 Å². The van der Waals surface area contributed by atoms with Gasteiger partial charge in [-0.15, -0.1) is 0 Å². The quantitative estimate of drug-likeness (QED) is 0.803. The average Bonchev–Trinajstić information content (AvgIpc) is 2.43. The molecule has 20 heavy (non-hydrogen) atoms. The molecule has 1 aromatic heterocycles. The van der Waals surface area contributed by atoms with Crippen molar-refractivity contribution in [3.05, 3.63) is 57.3 Å². The van der Waals surface area contributed by atoms with Gasteiger partial charge in [-0.1, -0.05) is 29.8 Å². The largest absolute Gasteiger partial charge is 0.337 e. The lowest BCUT2D eigenvalue weighted by atomic mass is 10.1. The Morgan fingerprint density at radius 3 is 2.75 bits per heavy atom. The third kappa shape index (κ3) is 4.10. The third-order valence-electron chi connectivity index (χ3n) is 2.56. The van der Waals surface area contributed by atoms with Crippen molar-refractivity contribution >= 4 is 23.4 Å². The molecule has 0 radical (unpaired) electrons. The number of carbonyl (C=O) groups is 1.